The monoisotopic (exact) mass is 1100 g/mol. The van der Waals surface area contributed by atoms with Crippen LogP contribution >= 0.6 is 0 Å². The maximum Gasteiger partial charge on any atom is 0.306 e. The van der Waals surface area contributed by atoms with Crippen LogP contribution in [0.4, 0.5) is 0 Å². The Balaban J connectivity index is 4.12. The number of allylic oxidation sites excluding steroid dienone is 12. The Kier molecular flexibility index (Phi) is 64.7. The fraction of sp³-hybridized carbons (Fsp3) is 0.795. The second-order valence-corrected chi connectivity index (χ2v) is 23.1. The minimum absolute atomic E-state index is 0.0980. The van der Waals surface area contributed by atoms with E-state index in [0.29, 0.717) is 19.3 Å². The first-order chi connectivity index (χ1) is 39.0. The first kappa shape index (κ1) is 75.8. The summed E-state index contributed by atoms with van der Waals surface area (Å²) in [6.45, 7) is 6.48. The molecular weight excluding hydrogens is 973 g/mol. The number of rotatable bonds is 63. The highest BCUT2D eigenvalue weighted by Crippen LogP contribution is 2.18. The molecule has 6 nitrogen and oxygen atoms in total. The highest BCUT2D eigenvalue weighted by Gasteiger charge is 2.19. The zero-order valence-corrected chi connectivity index (χ0v) is 52.6. The van der Waals surface area contributed by atoms with Crippen molar-refractivity contribution >= 4 is 17.9 Å². The van der Waals surface area contributed by atoms with E-state index in [1.807, 2.05) is 0 Å². The summed E-state index contributed by atoms with van der Waals surface area (Å²) < 4.78 is 16.8. The van der Waals surface area contributed by atoms with E-state index in [-0.39, 0.29) is 37.5 Å². The van der Waals surface area contributed by atoms with Gasteiger partial charge < -0.3 is 14.2 Å². The van der Waals surface area contributed by atoms with Crippen molar-refractivity contribution in [3.8, 4) is 0 Å². The number of unbranched alkanes of at least 4 members (excludes halogenated alkanes) is 40. The van der Waals surface area contributed by atoms with E-state index < -0.39 is 6.10 Å². The molecule has 0 aliphatic carbocycles. The van der Waals surface area contributed by atoms with Crippen LogP contribution in [0.1, 0.15) is 355 Å². The molecule has 0 radical (unpaired) electrons. The molecule has 1 atom stereocenters. The lowest BCUT2D eigenvalue weighted by atomic mass is 10.0. The first-order valence-corrected chi connectivity index (χ1v) is 34.4. The molecule has 1 unspecified atom stereocenters. The smallest absolute Gasteiger partial charge is 0.306 e. The van der Waals surface area contributed by atoms with Gasteiger partial charge in [0.2, 0.25) is 0 Å². The normalized spacial score (nSPS) is 12.5. The summed E-state index contributed by atoms with van der Waals surface area (Å²) in [6, 6.07) is 0. The number of esters is 3. The highest BCUT2D eigenvalue weighted by molar-refractivity contribution is 5.71. The van der Waals surface area contributed by atoms with Crippen LogP contribution in [0, 0.1) is 0 Å². The van der Waals surface area contributed by atoms with Crippen LogP contribution in [0.25, 0.3) is 0 Å². The van der Waals surface area contributed by atoms with Gasteiger partial charge in [0.15, 0.2) is 6.10 Å². The molecule has 458 valence electrons. The van der Waals surface area contributed by atoms with E-state index in [9.17, 15) is 14.4 Å². The lowest BCUT2D eigenvalue weighted by Gasteiger charge is -2.18. The molecule has 0 aliphatic heterocycles. The van der Waals surface area contributed by atoms with Crippen molar-refractivity contribution < 1.29 is 28.6 Å². The van der Waals surface area contributed by atoms with Crippen LogP contribution in [0.2, 0.25) is 0 Å². The van der Waals surface area contributed by atoms with Crippen molar-refractivity contribution in [2.45, 2.75) is 361 Å². The molecule has 0 bridgehead atoms. The van der Waals surface area contributed by atoms with Gasteiger partial charge in [-0.2, -0.15) is 0 Å². The third kappa shape index (κ3) is 65.5. The molecule has 6 heteroatoms. The van der Waals surface area contributed by atoms with Crippen LogP contribution in [0.5, 0.6) is 0 Å². The van der Waals surface area contributed by atoms with E-state index in [2.05, 4.69) is 93.7 Å². The quantitative estimate of drug-likeness (QED) is 0.0261. The molecule has 0 aromatic rings. The fourth-order valence-electron chi connectivity index (χ4n) is 10.1. The van der Waals surface area contributed by atoms with E-state index in [1.165, 1.54) is 218 Å². The zero-order valence-electron chi connectivity index (χ0n) is 52.6. The summed E-state index contributed by atoms with van der Waals surface area (Å²) in [7, 11) is 0. The van der Waals surface area contributed by atoms with E-state index >= 15 is 0 Å². The first-order valence-electron chi connectivity index (χ1n) is 34.4. The van der Waals surface area contributed by atoms with Crippen LogP contribution in [-0.4, -0.2) is 37.2 Å². The van der Waals surface area contributed by atoms with Crippen molar-refractivity contribution in [2.24, 2.45) is 0 Å². The van der Waals surface area contributed by atoms with Crippen molar-refractivity contribution in [2.75, 3.05) is 13.2 Å². The topological polar surface area (TPSA) is 78.9 Å². The summed E-state index contributed by atoms with van der Waals surface area (Å²) >= 11 is 0. The van der Waals surface area contributed by atoms with Gasteiger partial charge in [0, 0.05) is 19.3 Å². The van der Waals surface area contributed by atoms with E-state index in [1.54, 1.807) is 0 Å². The summed E-state index contributed by atoms with van der Waals surface area (Å²) in [6.07, 6.45) is 88.3. The van der Waals surface area contributed by atoms with Gasteiger partial charge in [-0.15, -0.1) is 0 Å². The predicted molar refractivity (Wildman–Crippen MR) is 344 cm³/mol. The number of hydrogen-bond donors (Lipinski definition) is 0. The van der Waals surface area contributed by atoms with Crippen molar-refractivity contribution in [1.29, 1.82) is 0 Å². The van der Waals surface area contributed by atoms with Gasteiger partial charge in [0.05, 0.1) is 0 Å². The fourth-order valence-corrected chi connectivity index (χ4v) is 10.1. The van der Waals surface area contributed by atoms with Crippen molar-refractivity contribution in [3.63, 3.8) is 0 Å². The molecule has 79 heavy (non-hydrogen) atoms. The molecule has 0 fully saturated rings. The molecule has 0 amide bonds. The Labute approximate surface area is 491 Å². The van der Waals surface area contributed by atoms with E-state index in [0.717, 1.165) is 89.9 Å². The molecule has 0 aliphatic rings. The third-order valence-electron chi connectivity index (χ3n) is 15.2. The van der Waals surface area contributed by atoms with Gasteiger partial charge in [-0.1, -0.05) is 331 Å². The molecule has 0 N–H and O–H groups in total. The molecule has 0 spiro atoms. The van der Waals surface area contributed by atoms with Crippen LogP contribution in [-0.2, 0) is 28.6 Å². The second-order valence-electron chi connectivity index (χ2n) is 23.1. The Hall–Kier alpha value is -3.15. The summed E-state index contributed by atoms with van der Waals surface area (Å²) in [5.41, 5.74) is 0. The van der Waals surface area contributed by atoms with Crippen LogP contribution < -0.4 is 0 Å². The average Bonchev–Trinajstić information content (AvgIpc) is 3.45. The Bertz CT molecular complexity index is 1450. The minimum atomic E-state index is -0.808. The summed E-state index contributed by atoms with van der Waals surface area (Å²) in [5.74, 6) is -0.954. The highest BCUT2D eigenvalue weighted by atomic mass is 16.6. The van der Waals surface area contributed by atoms with Gasteiger partial charge in [-0.05, 0) is 77.0 Å². The van der Waals surface area contributed by atoms with Crippen molar-refractivity contribution in [3.05, 3.63) is 72.9 Å². The van der Waals surface area contributed by atoms with Crippen molar-refractivity contribution in [1.82, 2.24) is 0 Å². The molecular formula is C73H130O6. The lowest BCUT2D eigenvalue weighted by molar-refractivity contribution is -0.167. The lowest BCUT2D eigenvalue weighted by Crippen LogP contribution is -2.30. The Morgan fingerprint density at radius 2 is 0.519 bits per heavy atom. The standard InChI is InChI=1S/C73H130O6/c1-4-7-10-13-16-19-22-24-26-28-29-30-31-32-33-34-35-36-37-38-39-40-41-42-43-45-46-48-51-54-57-60-63-66-72(75)78-69-70(68-77-71(74)65-62-59-56-53-50-21-18-15-12-9-6-3)79-73(76)67-64-61-58-55-52-49-47-44-27-25-23-20-17-14-11-8-5-2/h8,11,15,17-18,20,25,27,47,49,55,58,70H,4-7,9-10,12-14,16,19,21-24,26,28-46,48,50-54,56-57,59-69H2,1-3H3/b11-8-,18-15-,20-17-,27-25-,49-47-,58-55-. The van der Waals surface area contributed by atoms with Gasteiger partial charge in [-0.3, -0.25) is 14.4 Å². The average molecular weight is 1100 g/mol. The number of carbonyl (C=O) groups is 3. The van der Waals surface area contributed by atoms with E-state index in [4.69, 9.17) is 14.2 Å². The number of carbonyl (C=O) groups excluding carboxylic acids is 3. The number of ether oxygens (including phenoxy) is 3. The predicted octanol–water partition coefficient (Wildman–Crippen LogP) is 23.7. The minimum Gasteiger partial charge on any atom is -0.462 e. The number of hydrogen-bond acceptors (Lipinski definition) is 6. The molecule has 0 aromatic carbocycles. The Morgan fingerprint density at radius 1 is 0.266 bits per heavy atom. The molecule has 0 rings (SSSR count). The maximum absolute atomic E-state index is 12.9. The van der Waals surface area contributed by atoms with Gasteiger partial charge in [0.25, 0.3) is 0 Å². The van der Waals surface area contributed by atoms with Gasteiger partial charge in [0.1, 0.15) is 13.2 Å². The third-order valence-corrected chi connectivity index (χ3v) is 15.2. The summed E-state index contributed by atoms with van der Waals surface area (Å²) in [5, 5.41) is 0. The largest absolute Gasteiger partial charge is 0.462 e. The second kappa shape index (κ2) is 67.4. The molecule has 0 heterocycles. The van der Waals surface area contributed by atoms with Crippen LogP contribution in [0.15, 0.2) is 72.9 Å². The zero-order chi connectivity index (χ0) is 57.1. The SMILES string of the molecule is CC/C=C\C/C=C\C/C=C\C/C=C\C/C=C\CCCC(=O)OC(COC(=O)CCCCCCC/C=C\CCCC)COC(=O)CCCCCCCCCCCCCCCCCCCCCCCCCCCCCCCCCCC. The van der Waals surface area contributed by atoms with Gasteiger partial charge in [-0.25, -0.2) is 0 Å². The molecule has 0 saturated heterocycles. The molecule has 0 saturated carbocycles. The van der Waals surface area contributed by atoms with Crippen LogP contribution in [0.3, 0.4) is 0 Å². The Morgan fingerprint density at radius 3 is 0.861 bits per heavy atom. The summed E-state index contributed by atoms with van der Waals surface area (Å²) in [4.78, 5) is 38.2. The van der Waals surface area contributed by atoms with Gasteiger partial charge >= 0.3 is 17.9 Å². The molecule has 0 aromatic heterocycles. The maximum atomic E-state index is 12.9.